The minimum absolute atomic E-state index is 0.0426. The smallest absolute Gasteiger partial charge is 0.406 e. The number of hydrogen-bond donors (Lipinski definition) is 1. The topological polar surface area (TPSA) is 51.2 Å². The molecule has 0 aliphatic carbocycles. The number of alkyl halides is 3. The molecule has 0 radical (unpaired) electrons. The number of nitrogens with zero attached hydrogens (tertiary/aromatic N) is 1. The molecule has 2 rings (SSSR count). The lowest BCUT2D eigenvalue weighted by Gasteiger charge is -2.16. The summed E-state index contributed by atoms with van der Waals surface area (Å²) in [7, 11) is 0. The average Bonchev–Trinajstić information content (AvgIpc) is 2.50. The molecule has 116 valence electrons. The molecule has 0 aliphatic heterocycles. The Hall–Kier alpha value is -2.57. The van der Waals surface area contributed by atoms with E-state index in [1.807, 2.05) is 0 Å². The first-order valence-electron chi connectivity index (χ1n) is 7.63. The maximum Gasteiger partial charge on any atom is 0.573 e. The van der Waals surface area contributed by atoms with E-state index in [2.05, 4.69) is 15.0 Å². The molecule has 1 amide bonds. The van der Waals surface area contributed by atoms with Gasteiger partial charge < -0.3 is 10.1 Å². The van der Waals surface area contributed by atoms with Crippen LogP contribution in [0.2, 0.25) is 0 Å². The van der Waals surface area contributed by atoms with E-state index in [4.69, 9.17) is 4.11 Å². The van der Waals surface area contributed by atoms with Crippen molar-refractivity contribution >= 4 is 5.91 Å². The highest BCUT2D eigenvalue weighted by molar-refractivity contribution is 5.94. The predicted molar refractivity (Wildman–Crippen MR) is 73.2 cm³/mol. The van der Waals surface area contributed by atoms with Gasteiger partial charge >= 0.3 is 6.36 Å². The van der Waals surface area contributed by atoms with Gasteiger partial charge in [0.1, 0.15) is 5.75 Å². The third-order valence-corrected chi connectivity index (χ3v) is 2.62. The monoisotopic (exact) mass is 313 g/mol. The zero-order valence-corrected chi connectivity index (χ0v) is 11.1. The van der Waals surface area contributed by atoms with Crippen LogP contribution in [-0.2, 0) is 0 Å². The number of carbonyl (C=O) groups excluding carboxylic acids is 1. The number of nitrogens with one attached hydrogen (secondary N) is 1. The second-order valence-electron chi connectivity index (χ2n) is 4.27. The standard InChI is InChI=1S/C15H13F3N2O2/c1-10(20-14(21)12-5-3-7-19-9-12)11-4-2-6-13(8-11)22-15(16,17)18/h2-10H,1H3,(H,20,21)/i1D3. The van der Waals surface area contributed by atoms with Crippen molar-refractivity contribution in [1.29, 1.82) is 0 Å². The van der Waals surface area contributed by atoms with Crippen LogP contribution < -0.4 is 10.1 Å². The van der Waals surface area contributed by atoms with Crippen LogP contribution in [0.4, 0.5) is 13.2 Å². The number of carbonyl (C=O) groups is 1. The molecule has 0 saturated carbocycles. The molecular formula is C15H13F3N2O2. The van der Waals surface area contributed by atoms with Crippen molar-refractivity contribution < 1.29 is 26.8 Å². The van der Waals surface area contributed by atoms with Gasteiger partial charge in [-0.2, -0.15) is 0 Å². The molecule has 0 aliphatic rings. The van der Waals surface area contributed by atoms with Crippen molar-refractivity contribution in [2.45, 2.75) is 19.3 Å². The Balaban J connectivity index is 2.29. The number of hydrogen-bond acceptors (Lipinski definition) is 3. The highest BCUT2D eigenvalue weighted by Gasteiger charge is 2.31. The molecular weight excluding hydrogens is 297 g/mol. The van der Waals surface area contributed by atoms with E-state index < -0.39 is 30.9 Å². The number of amides is 1. The molecule has 0 saturated heterocycles. The van der Waals surface area contributed by atoms with E-state index in [0.717, 1.165) is 12.1 Å². The molecule has 1 aromatic heterocycles. The summed E-state index contributed by atoms with van der Waals surface area (Å²) in [5.74, 6) is -1.29. The summed E-state index contributed by atoms with van der Waals surface area (Å²) >= 11 is 0. The summed E-state index contributed by atoms with van der Waals surface area (Å²) in [6.07, 6.45) is -2.22. The molecule has 22 heavy (non-hydrogen) atoms. The molecule has 0 fully saturated rings. The first-order valence-corrected chi connectivity index (χ1v) is 6.13. The molecule has 1 aromatic carbocycles. The van der Waals surface area contributed by atoms with Gasteiger partial charge in [-0.15, -0.1) is 13.2 Å². The molecule has 0 spiro atoms. The van der Waals surface area contributed by atoms with E-state index in [1.165, 1.54) is 36.7 Å². The van der Waals surface area contributed by atoms with Gasteiger partial charge in [-0.05, 0) is 36.7 Å². The summed E-state index contributed by atoms with van der Waals surface area (Å²) < 4.78 is 63.5. The summed E-state index contributed by atoms with van der Waals surface area (Å²) in [5.41, 5.74) is 0.0819. The Labute approximate surface area is 129 Å². The van der Waals surface area contributed by atoms with E-state index >= 15 is 0 Å². The van der Waals surface area contributed by atoms with Gasteiger partial charge in [-0.25, -0.2) is 0 Å². The van der Waals surface area contributed by atoms with E-state index in [1.54, 1.807) is 0 Å². The second kappa shape index (κ2) is 6.46. The fraction of sp³-hybridized carbons (Fsp3) is 0.200. The van der Waals surface area contributed by atoms with Crippen LogP contribution >= 0.6 is 0 Å². The number of benzene rings is 1. The third kappa shape index (κ3) is 4.47. The second-order valence-corrected chi connectivity index (χ2v) is 4.27. The predicted octanol–water partition coefficient (Wildman–Crippen LogP) is 3.47. The van der Waals surface area contributed by atoms with Crippen molar-refractivity contribution in [1.82, 2.24) is 10.3 Å². The van der Waals surface area contributed by atoms with Crippen LogP contribution in [0.5, 0.6) is 5.75 Å². The SMILES string of the molecule is [2H]C([2H])([2H])C(NC(=O)c1cccnc1)c1cccc(OC(F)(F)F)c1. The van der Waals surface area contributed by atoms with Crippen molar-refractivity contribution in [3.8, 4) is 5.75 Å². The summed E-state index contributed by atoms with van der Waals surface area (Å²) in [6, 6.07) is 5.88. The summed E-state index contributed by atoms with van der Waals surface area (Å²) in [4.78, 5) is 15.9. The molecule has 0 bridgehead atoms. The zero-order valence-electron chi connectivity index (χ0n) is 14.1. The van der Waals surface area contributed by atoms with Gasteiger partial charge in [-0.3, -0.25) is 9.78 Å². The van der Waals surface area contributed by atoms with Gasteiger partial charge in [0, 0.05) is 16.5 Å². The molecule has 2 aromatic rings. The summed E-state index contributed by atoms with van der Waals surface area (Å²) in [6.45, 7) is -2.69. The highest BCUT2D eigenvalue weighted by atomic mass is 19.4. The van der Waals surface area contributed by atoms with E-state index in [-0.39, 0.29) is 11.1 Å². The maximum absolute atomic E-state index is 12.3. The Morgan fingerprint density at radius 3 is 2.82 bits per heavy atom. The van der Waals surface area contributed by atoms with Crippen LogP contribution in [0.15, 0.2) is 48.8 Å². The first-order chi connectivity index (χ1) is 11.6. The molecule has 1 atom stereocenters. The van der Waals surface area contributed by atoms with Crippen LogP contribution in [0.25, 0.3) is 0 Å². The normalized spacial score (nSPS) is 15.1. The van der Waals surface area contributed by atoms with E-state index in [0.29, 0.717) is 0 Å². The largest absolute Gasteiger partial charge is 0.573 e. The minimum Gasteiger partial charge on any atom is -0.406 e. The molecule has 1 heterocycles. The van der Waals surface area contributed by atoms with Gasteiger partial charge in [0.15, 0.2) is 0 Å². The summed E-state index contributed by atoms with van der Waals surface area (Å²) in [5, 5.41) is 2.30. The van der Waals surface area contributed by atoms with Crippen molar-refractivity contribution in [3.63, 3.8) is 0 Å². The maximum atomic E-state index is 12.3. The fourth-order valence-electron chi connectivity index (χ4n) is 1.69. The van der Waals surface area contributed by atoms with Crippen LogP contribution in [0.3, 0.4) is 0 Å². The van der Waals surface area contributed by atoms with Crippen LogP contribution in [0.1, 0.15) is 32.9 Å². The average molecular weight is 313 g/mol. The number of aromatic nitrogens is 1. The van der Waals surface area contributed by atoms with Crippen molar-refractivity contribution in [3.05, 3.63) is 59.9 Å². The minimum atomic E-state index is -4.91. The first kappa shape index (κ1) is 12.0. The third-order valence-electron chi connectivity index (χ3n) is 2.62. The Morgan fingerprint density at radius 2 is 2.18 bits per heavy atom. The Kier molecular flexibility index (Phi) is 3.53. The van der Waals surface area contributed by atoms with Crippen LogP contribution in [0, 0.1) is 0 Å². The number of ether oxygens (including phenoxy) is 1. The van der Waals surface area contributed by atoms with E-state index in [9.17, 15) is 18.0 Å². The van der Waals surface area contributed by atoms with Gasteiger partial charge in [0.25, 0.3) is 5.91 Å². The van der Waals surface area contributed by atoms with Gasteiger partial charge in [0.05, 0.1) is 11.6 Å². The lowest BCUT2D eigenvalue weighted by molar-refractivity contribution is -0.274. The molecule has 7 heteroatoms. The Morgan fingerprint density at radius 1 is 1.36 bits per heavy atom. The quantitative estimate of drug-likeness (QED) is 0.940. The highest BCUT2D eigenvalue weighted by Crippen LogP contribution is 2.25. The molecule has 1 unspecified atom stereocenters. The van der Waals surface area contributed by atoms with Crippen molar-refractivity contribution in [2.75, 3.05) is 0 Å². The Bertz CT molecular complexity index is 737. The van der Waals surface area contributed by atoms with Gasteiger partial charge in [0.2, 0.25) is 0 Å². The lowest BCUT2D eigenvalue weighted by atomic mass is 10.1. The van der Waals surface area contributed by atoms with Crippen molar-refractivity contribution in [2.24, 2.45) is 0 Å². The van der Waals surface area contributed by atoms with Crippen LogP contribution in [-0.4, -0.2) is 17.3 Å². The number of pyridine rings is 1. The lowest BCUT2D eigenvalue weighted by Crippen LogP contribution is -2.26. The van der Waals surface area contributed by atoms with Gasteiger partial charge in [-0.1, -0.05) is 12.1 Å². The number of halogens is 3. The molecule has 1 N–H and O–H groups in total. The zero-order chi connectivity index (χ0) is 18.7. The fourth-order valence-corrected chi connectivity index (χ4v) is 1.69. The number of rotatable bonds is 4. The molecule has 4 nitrogen and oxygen atoms in total.